The summed E-state index contributed by atoms with van der Waals surface area (Å²) < 4.78 is 43.7. The number of aryl methyl sites for hydroxylation is 1. The van der Waals surface area contributed by atoms with Gasteiger partial charge in [0.05, 0.1) is 23.3 Å². The van der Waals surface area contributed by atoms with Gasteiger partial charge in [-0.1, -0.05) is 90.5 Å². The number of hydrogen-bond acceptors (Lipinski definition) is 5. The number of rotatable bonds is 5. The summed E-state index contributed by atoms with van der Waals surface area (Å²) in [6.45, 7) is 1.96. The number of nitrogens with zero attached hydrogens (tertiary/aromatic N) is 4. The molecule has 0 unspecified atom stereocenters. The van der Waals surface area contributed by atoms with Gasteiger partial charge in [-0.2, -0.15) is 21.0 Å². The molecule has 0 aliphatic heterocycles. The lowest BCUT2D eigenvalue weighted by atomic mass is 9.88. The molecule has 0 heterocycles. The Morgan fingerprint density at radius 1 is 0.500 bits per heavy atom. The van der Waals surface area contributed by atoms with Gasteiger partial charge in [-0.15, -0.1) is 13.2 Å². The molecule has 2 aliphatic rings. The highest BCUT2D eigenvalue weighted by atomic mass is 19.4. The zero-order chi connectivity index (χ0) is 37.7. The predicted octanol–water partition coefficient (Wildman–Crippen LogP) is 11.1. The quantitative estimate of drug-likeness (QED) is 0.177. The van der Waals surface area contributed by atoms with E-state index in [2.05, 4.69) is 29.0 Å². The lowest BCUT2D eigenvalue weighted by molar-refractivity contribution is -0.274. The van der Waals surface area contributed by atoms with Crippen molar-refractivity contribution in [3.8, 4) is 85.7 Å². The number of fused-ring (bicyclic) bond motifs is 3. The number of hydrogen-bond donors (Lipinski definition) is 0. The third-order valence-corrected chi connectivity index (χ3v) is 9.79. The van der Waals surface area contributed by atoms with Gasteiger partial charge in [0.1, 0.15) is 23.5 Å². The summed E-state index contributed by atoms with van der Waals surface area (Å²) in [5.41, 5.74) is 9.50. The third-order valence-electron chi connectivity index (χ3n) is 9.79. The highest BCUT2D eigenvalue weighted by Gasteiger charge is 2.33. The Morgan fingerprint density at radius 3 is 1.33 bits per heavy atom. The van der Waals surface area contributed by atoms with Gasteiger partial charge in [0.15, 0.2) is 0 Å². The number of halogens is 3. The summed E-state index contributed by atoms with van der Waals surface area (Å²) in [4.78, 5) is 0. The molecule has 0 saturated heterocycles. The molecule has 0 radical (unpaired) electrons. The number of nitriles is 4. The van der Waals surface area contributed by atoms with Crippen molar-refractivity contribution < 1.29 is 17.9 Å². The van der Waals surface area contributed by atoms with E-state index in [9.17, 15) is 34.2 Å². The summed E-state index contributed by atoms with van der Waals surface area (Å²) in [7, 11) is 0. The van der Waals surface area contributed by atoms with E-state index >= 15 is 0 Å². The van der Waals surface area contributed by atoms with E-state index in [-0.39, 0.29) is 5.57 Å². The summed E-state index contributed by atoms with van der Waals surface area (Å²) in [6, 6.07) is 44.5. The summed E-state index contributed by atoms with van der Waals surface area (Å²) >= 11 is 0. The van der Waals surface area contributed by atoms with Crippen LogP contribution in [0.5, 0.6) is 5.75 Å². The molecule has 54 heavy (non-hydrogen) atoms. The Bertz CT molecular complexity index is 2880. The van der Waals surface area contributed by atoms with Gasteiger partial charge in [0.25, 0.3) is 0 Å². The Kier molecular flexibility index (Phi) is 7.96. The molecule has 0 fully saturated rings. The summed E-state index contributed by atoms with van der Waals surface area (Å²) in [6.07, 6.45) is -4.88. The fraction of sp³-hybridized carbons (Fsp3) is 0.0435. The van der Waals surface area contributed by atoms with Crippen LogP contribution >= 0.6 is 0 Å². The van der Waals surface area contributed by atoms with Crippen molar-refractivity contribution in [1.29, 1.82) is 21.0 Å². The van der Waals surface area contributed by atoms with Crippen LogP contribution in [0.2, 0.25) is 0 Å². The van der Waals surface area contributed by atoms with Gasteiger partial charge in [-0.25, -0.2) is 0 Å². The molecule has 0 spiro atoms. The second-order valence-corrected chi connectivity index (χ2v) is 12.9. The average molecular weight is 705 g/mol. The van der Waals surface area contributed by atoms with Gasteiger partial charge in [0, 0.05) is 16.3 Å². The summed E-state index contributed by atoms with van der Waals surface area (Å²) in [5.74, 6) is -0.399. The topological polar surface area (TPSA) is 104 Å². The molecule has 8 rings (SSSR count). The molecule has 0 amide bonds. The van der Waals surface area contributed by atoms with Gasteiger partial charge >= 0.3 is 6.36 Å². The third kappa shape index (κ3) is 5.48. The van der Waals surface area contributed by atoms with Crippen molar-refractivity contribution in [3.05, 3.63) is 143 Å². The maximum Gasteiger partial charge on any atom is 0.573 e. The molecule has 0 aromatic heterocycles. The highest BCUT2D eigenvalue weighted by molar-refractivity contribution is 6.33. The van der Waals surface area contributed by atoms with Crippen LogP contribution in [0.1, 0.15) is 16.7 Å². The maximum absolute atomic E-state index is 13.2. The van der Waals surface area contributed by atoms with E-state index in [1.807, 2.05) is 79.7 Å². The van der Waals surface area contributed by atoms with Crippen molar-refractivity contribution in [1.82, 2.24) is 0 Å². The molecule has 2 aliphatic carbocycles. The lowest BCUT2D eigenvalue weighted by Gasteiger charge is -2.14. The minimum absolute atomic E-state index is 0.133. The largest absolute Gasteiger partial charge is 0.573 e. The van der Waals surface area contributed by atoms with Crippen LogP contribution in [-0.4, -0.2) is 6.36 Å². The van der Waals surface area contributed by atoms with Crippen molar-refractivity contribution in [2.24, 2.45) is 0 Å². The normalized spacial score (nSPS) is 11.3. The van der Waals surface area contributed by atoms with Crippen molar-refractivity contribution >= 4 is 27.1 Å². The second-order valence-electron chi connectivity index (χ2n) is 12.9. The first-order chi connectivity index (χ1) is 26.1. The number of ether oxygens (including phenoxy) is 1. The molecule has 0 saturated carbocycles. The molecular weight excluding hydrogens is 682 g/mol. The van der Waals surface area contributed by atoms with Crippen LogP contribution in [0.3, 0.4) is 0 Å². The second kappa shape index (κ2) is 12.8. The highest BCUT2D eigenvalue weighted by Crippen LogP contribution is 2.54. The minimum atomic E-state index is -4.88. The van der Waals surface area contributed by atoms with E-state index < -0.39 is 12.1 Å². The van der Waals surface area contributed by atoms with Gasteiger partial charge in [0.2, 0.25) is 0 Å². The SMILES string of the molecule is Cc1ccc(-c2c3c4ccc(-c5ccc(C#N)cc5)c5c(-c6ccc(C#N)cc6)ccc(c-3c(-c3ccc(OC(F)(F)F)cc3)c2=C(C#N)C#N)c45)cc1. The summed E-state index contributed by atoms with van der Waals surface area (Å²) in [5, 5.41) is 43.7. The van der Waals surface area contributed by atoms with E-state index in [0.717, 1.165) is 66.1 Å². The fourth-order valence-electron chi connectivity index (χ4n) is 7.51. The monoisotopic (exact) mass is 704 g/mol. The molecule has 0 N–H and O–H groups in total. The van der Waals surface area contributed by atoms with Gasteiger partial charge in [-0.3, -0.25) is 0 Å². The zero-order valence-electron chi connectivity index (χ0n) is 28.4. The van der Waals surface area contributed by atoms with Crippen molar-refractivity contribution in [2.45, 2.75) is 13.3 Å². The standard InChI is InChI=1S/C46H23F3N4O/c1-26-2-8-31(9-3-26)39-41(33(24-52)25-53)40(32-14-16-34(17-15-32)54-46(47,48)49)45-38-21-19-36(30-12-6-28(23-51)7-13-30)42-35(18-20-37(43(38)42)44(39)45)29-10-4-27(22-50)5-11-29/h2-21H,1H3. The molecular formula is C46H23F3N4O. The molecule has 254 valence electrons. The Balaban J connectivity index is 1.57. The van der Waals surface area contributed by atoms with Crippen LogP contribution in [0.15, 0.2) is 121 Å². The lowest BCUT2D eigenvalue weighted by Crippen LogP contribution is -2.17. The molecule has 6 aromatic carbocycles. The van der Waals surface area contributed by atoms with Gasteiger partial charge in [-0.05, 0) is 109 Å². The Hall–Kier alpha value is -7.65. The van der Waals surface area contributed by atoms with Crippen LogP contribution in [0.25, 0.3) is 82.8 Å². The van der Waals surface area contributed by atoms with E-state index in [0.29, 0.717) is 33.0 Å². The van der Waals surface area contributed by atoms with Crippen LogP contribution < -0.4 is 9.96 Å². The average Bonchev–Trinajstić information content (AvgIpc) is 3.69. The minimum Gasteiger partial charge on any atom is -0.406 e. The smallest absolute Gasteiger partial charge is 0.406 e. The first-order valence-corrected chi connectivity index (χ1v) is 16.7. The molecule has 6 aromatic rings. The molecule has 0 bridgehead atoms. The molecule has 8 heteroatoms. The Morgan fingerprint density at radius 2 is 0.926 bits per heavy atom. The zero-order valence-corrected chi connectivity index (χ0v) is 28.4. The number of benzene rings is 6. The Labute approximate surface area is 307 Å². The molecule has 0 atom stereocenters. The maximum atomic E-state index is 13.2. The van der Waals surface area contributed by atoms with E-state index in [1.165, 1.54) is 24.3 Å². The van der Waals surface area contributed by atoms with Crippen molar-refractivity contribution in [2.75, 3.05) is 0 Å². The van der Waals surface area contributed by atoms with Crippen LogP contribution in [0, 0.1) is 52.2 Å². The first-order valence-electron chi connectivity index (χ1n) is 16.7. The van der Waals surface area contributed by atoms with E-state index in [4.69, 9.17) is 0 Å². The van der Waals surface area contributed by atoms with Crippen LogP contribution in [0.4, 0.5) is 13.2 Å². The van der Waals surface area contributed by atoms with Crippen molar-refractivity contribution in [3.63, 3.8) is 0 Å². The molecule has 5 nitrogen and oxygen atoms in total. The van der Waals surface area contributed by atoms with E-state index in [1.54, 1.807) is 24.3 Å². The number of alkyl halides is 3. The predicted molar refractivity (Wildman–Crippen MR) is 202 cm³/mol. The van der Waals surface area contributed by atoms with Crippen LogP contribution in [-0.2, 0) is 0 Å². The first kappa shape index (κ1) is 33.5. The fourth-order valence-corrected chi connectivity index (χ4v) is 7.51. The van der Waals surface area contributed by atoms with Gasteiger partial charge < -0.3 is 4.74 Å².